The summed E-state index contributed by atoms with van der Waals surface area (Å²) in [4.78, 5) is 4.57. The van der Waals surface area contributed by atoms with E-state index < -0.39 is 0 Å². The molecule has 1 aromatic rings. The van der Waals surface area contributed by atoms with E-state index in [1.165, 1.54) is 11.5 Å². The molecule has 6 heteroatoms. The molecule has 0 bridgehead atoms. The van der Waals surface area contributed by atoms with Crippen molar-refractivity contribution in [1.82, 2.24) is 9.36 Å². The number of halogens is 1. The van der Waals surface area contributed by atoms with Gasteiger partial charge in [-0.05, 0) is 12.8 Å². The van der Waals surface area contributed by atoms with Crippen molar-refractivity contribution in [2.75, 3.05) is 24.4 Å². The molecule has 1 saturated heterocycles. The molecule has 1 N–H and O–H groups in total. The van der Waals surface area contributed by atoms with Crippen molar-refractivity contribution in [2.24, 2.45) is 0 Å². The second kappa shape index (κ2) is 5.31. The average Bonchev–Trinajstić information content (AvgIpc) is 2.78. The third-order valence-corrected chi connectivity index (χ3v) is 4.32. The Bertz CT molecular complexity index is 396. The van der Waals surface area contributed by atoms with E-state index >= 15 is 0 Å². The summed E-state index contributed by atoms with van der Waals surface area (Å²) in [5.74, 6) is 1.45. The van der Waals surface area contributed by atoms with Crippen molar-refractivity contribution in [1.29, 1.82) is 0 Å². The molecule has 0 aromatic carbocycles. The Labute approximate surface area is 117 Å². The van der Waals surface area contributed by atoms with Crippen LogP contribution in [0.5, 0.6) is 0 Å². The fraction of sp³-hybridized carbons (Fsp3) is 0.833. The zero-order chi connectivity index (χ0) is 13.2. The Balaban J connectivity index is 2.10. The first kappa shape index (κ1) is 14.0. The summed E-state index contributed by atoms with van der Waals surface area (Å²) in [5, 5.41) is 4.33. The summed E-state index contributed by atoms with van der Waals surface area (Å²) in [5.41, 5.74) is -0.102. The van der Waals surface area contributed by atoms with Crippen molar-refractivity contribution in [3.05, 3.63) is 5.82 Å². The topological polar surface area (TPSA) is 47.0 Å². The molecule has 0 radical (unpaired) electrons. The van der Waals surface area contributed by atoms with E-state index in [1.54, 1.807) is 0 Å². The monoisotopic (exact) mass is 289 g/mol. The van der Waals surface area contributed by atoms with Gasteiger partial charge in [0.05, 0.1) is 5.54 Å². The number of rotatable bonds is 3. The van der Waals surface area contributed by atoms with Crippen molar-refractivity contribution < 1.29 is 4.74 Å². The molecular weight excluding hydrogens is 270 g/mol. The summed E-state index contributed by atoms with van der Waals surface area (Å²) < 4.78 is 9.80. The number of hydrogen-bond acceptors (Lipinski definition) is 5. The number of alkyl halides is 1. The third kappa shape index (κ3) is 3.13. The van der Waals surface area contributed by atoms with Crippen molar-refractivity contribution >= 4 is 28.3 Å². The highest BCUT2D eigenvalue weighted by Gasteiger charge is 2.33. The first-order valence-electron chi connectivity index (χ1n) is 6.21. The normalized spacial score (nSPS) is 19.8. The second-order valence-corrected chi connectivity index (χ2v) is 6.84. The smallest absolute Gasteiger partial charge is 0.203 e. The van der Waals surface area contributed by atoms with Crippen LogP contribution in [0.2, 0.25) is 0 Å². The van der Waals surface area contributed by atoms with E-state index in [2.05, 4.69) is 35.4 Å². The summed E-state index contributed by atoms with van der Waals surface area (Å²) in [6.45, 7) is 7.86. The Morgan fingerprint density at radius 1 is 1.39 bits per heavy atom. The number of hydrogen-bond donors (Lipinski definition) is 1. The maximum absolute atomic E-state index is 6.12. The van der Waals surface area contributed by atoms with Gasteiger partial charge < -0.3 is 10.1 Å². The molecule has 2 heterocycles. The predicted octanol–water partition coefficient (Wildman–Crippen LogP) is 3.04. The Morgan fingerprint density at radius 3 is 2.56 bits per heavy atom. The van der Waals surface area contributed by atoms with Crippen LogP contribution >= 0.6 is 23.1 Å². The van der Waals surface area contributed by atoms with Gasteiger partial charge in [0.1, 0.15) is 5.82 Å². The SMILES string of the molecule is CC(C)(C)c1nsc(NC2(CCl)CCOCC2)n1. The van der Waals surface area contributed by atoms with E-state index in [-0.39, 0.29) is 11.0 Å². The quantitative estimate of drug-likeness (QED) is 0.869. The molecule has 0 atom stereocenters. The molecule has 2 rings (SSSR count). The van der Waals surface area contributed by atoms with Crippen LogP contribution in [-0.4, -0.2) is 34.0 Å². The molecule has 0 amide bonds. The Hall–Kier alpha value is -0.390. The van der Waals surface area contributed by atoms with E-state index in [0.717, 1.165) is 37.0 Å². The van der Waals surface area contributed by atoms with Crippen LogP contribution in [-0.2, 0) is 10.2 Å². The van der Waals surface area contributed by atoms with Crippen molar-refractivity contribution in [3.63, 3.8) is 0 Å². The third-order valence-electron chi connectivity index (χ3n) is 3.17. The van der Waals surface area contributed by atoms with Crippen LogP contribution in [0.4, 0.5) is 5.13 Å². The van der Waals surface area contributed by atoms with Gasteiger partial charge in [0.15, 0.2) is 0 Å². The molecule has 0 aliphatic carbocycles. The summed E-state index contributed by atoms with van der Waals surface area (Å²) in [6, 6.07) is 0. The van der Waals surface area contributed by atoms with E-state index in [4.69, 9.17) is 16.3 Å². The van der Waals surface area contributed by atoms with E-state index in [9.17, 15) is 0 Å². The molecule has 1 aromatic heterocycles. The number of aromatic nitrogens is 2. The van der Waals surface area contributed by atoms with Crippen LogP contribution in [0.3, 0.4) is 0 Å². The number of ether oxygens (including phenoxy) is 1. The Morgan fingerprint density at radius 2 is 2.06 bits per heavy atom. The van der Waals surface area contributed by atoms with Crippen LogP contribution in [0, 0.1) is 0 Å². The largest absolute Gasteiger partial charge is 0.381 e. The summed E-state index contributed by atoms with van der Waals surface area (Å²) in [6.07, 6.45) is 1.84. The lowest BCUT2D eigenvalue weighted by Gasteiger charge is -2.36. The minimum atomic E-state index is -0.0888. The van der Waals surface area contributed by atoms with Crippen molar-refractivity contribution in [2.45, 2.75) is 44.6 Å². The molecular formula is C12H20ClN3OS. The zero-order valence-corrected chi connectivity index (χ0v) is 12.7. The lowest BCUT2D eigenvalue weighted by atomic mass is 9.92. The maximum Gasteiger partial charge on any atom is 0.203 e. The number of anilines is 1. The number of nitrogens with zero attached hydrogens (tertiary/aromatic N) is 2. The minimum absolute atomic E-state index is 0.0137. The van der Waals surface area contributed by atoms with Gasteiger partial charge in [-0.3, -0.25) is 0 Å². The molecule has 18 heavy (non-hydrogen) atoms. The highest BCUT2D eigenvalue weighted by atomic mass is 35.5. The molecule has 0 saturated carbocycles. The van der Waals surface area contributed by atoms with Gasteiger partial charge in [-0.2, -0.15) is 4.37 Å². The molecule has 4 nitrogen and oxygen atoms in total. The standard InChI is InChI=1S/C12H20ClN3OS/c1-11(2,3)9-14-10(18-16-9)15-12(8-13)4-6-17-7-5-12/h4-8H2,1-3H3,(H,14,15,16). The minimum Gasteiger partial charge on any atom is -0.381 e. The Kier molecular flexibility index (Phi) is 4.14. The zero-order valence-electron chi connectivity index (χ0n) is 11.1. The average molecular weight is 290 g/mol. The highest BCUT2D eigenvalue weighted by Crippen LogP contribution is 2.30. The highest BCUT2D eigenvalue weighted by molar-refractivity contribution is 7.09. The second-order valence-electron chi connectivity index (χ2n) is 5.82. The fourth-order valence-corrected chi connectivity index (χ4v) is 3.07. The van der Waals surface area contributed by atoms with Crippen LogP contribution < -0.4 is 5.32 Å². The molecule has 1 aliphatic rings. The van der Waals surface area contributed by atoms with E-state index in [1.807, 2.05) is 0 Å². The van der Waals surface area contributed by atoms with Crippen LogP contribution in [0.25, 0.3) is 0 Å². The molecule has 102 valence electrons. The van der Waals surface area contributed by atoms with Gasteiger partial charge in [0, 0.05) is 36.0 Å². The predicted molar refractivity (Wildman–Crippen MR) is 75.7 cm³/mol. The number of nitrogens with one attached hydrogen (secondary N) is 1. The van der Waals surface area contributed by atoms with Gasteiger partial charge in [0.2, 0.25) is 5.13 Å². The molecule has 0 unspecified atom stereocenters. The van der Waals surface area contributed by atoms with Crippen LogP contribution in [0.1, 0.15) is 39.4 Å². The van der Waals surface area contributed by atoms with Gasteiger partial charge >= 0.3 is 0 Å². The first-order chi connectivity index (χ1) is 8.45. The fourth-order valence-electron chi connectivity index (χ4n) is 1.86. The molecule has 1 fully saturated rings. The summed E-state index contributed by atoms with van der Waals surface area (Å²) in [7, 11) is 0. The molecule has 1 aliphatic heterocycles. The lowest BCUT2D eigenvalue weighted by molar-refractivity contribution is 0.0667. The lowest BCUT2D eigenvalue weighted by Crippen LogP contribution is -2.45. The van der Waals surface area contributed by atoms with Gasteiger partial charge in [0.25, 0.3) is 0 Å². The van der Waals surface area contributed by atoms with E-state index in [0.29, 0.717) is 5.88 Å². The molecule has 0 spiro atoms. The van der Waals surface area contributed by atoms with Crippen LogP contribution in [0.15, 0.2) is 0 Å². The van der Waals surface area contributed by atoms with Gasteiger partial charge in [-0.15, -0.1) is 11.6 Å². The summed E-state index contributed by atoms with van der Waals surface area (Å²) >= 11 is 7.53. The van der Waals surface area contributed by atoms with Gasteiger partial charge in [-0.1, -0.05) is 20.8 Å². The van der Waals surface area contributed by atoms with Gasteiger partial charge in [-0.25, -0.2) is 4.98 Å². The first-order valence-corrected chi connectivity index (χ1v) is 7.52. The van der Waals surface area contributed by atoms with Crippen molar-refractivity contribution in [3.8, 4) is 0 Å². The maximum atomic E-state index is 6.12.